The zero-order valence-electron chi connectivity index (χ0n) is 16.2. The van der Waals surface area contributed by atoms with Crippen LogP contribution < -0.4 is 16.0 Å². The summed E-state index contributed by atoms with van der Waals surface area (Å²) in [5.74, 6) is -0.141. The highest BCUT2D eigenvalue weighted by Gasteiger charge is 2.14. The molecule has 1 fully saturated rings. The van der Waals surface area contributed by atoms with Crippen LogP contribution in [0.5, 0.6) is 0 Å². The van der Waals surface area contributed by atoms with Crippen LogP contribution in [-0.2, 0) is 11.3 Å². The third-order valence-corrected chi connectivity index (χ3v) is 5.00. The zero-order valence-corrected chi connectivity index (χ0v) is 17.1. The van der Waals surface area contributed by atoms with Crippen molar-refractivity contribution in [2.24, 2.45) is 5.92 Å². The molecule has 0 radical (unpaired) electrons. The molecule has 1 aliphatic rings. The summed E-state index contributed by atoms with van der Waals surface area (Å²) in [6, 6.07) is 12.8. The summed E-state index contributed by atoms with van der Waals surface area (Å²) >= 11 is 0. The van der Waals surface area contributed by atoms with E-state index in [1.54, 1.807) is 12.1 Å². The van der Waals surface area contributed by atoms with Gasteiger partial charge in [0.2, 0.25) is 5.91 Å². The van der Waals surface area contributed by atoms with Crippen LogP contribution in [0.3, 0.4) is 0 Å². The second-order valence-electron chi connectivity index (χ2n) is 7.17. The van der Waals surface area contributed by atoms with Gasteiger partial charge in [0.15, 0.2) is 0 Å². The number of carbonyl (C=O) groups is 2. The molecule has 0 saturated carbocycles. The van der Waals surface area contributed by atoms with E-state index in [-0.39, 0.29) is 29.8 Å². The minimum absolute atomic E-state index is 0. The molecule has 1 saturated heterocycles. The minimum atomic E-state index is -0.450. The third kappa shape index (κ3) is 7.48. The Hall–Kier alpha value is -2.44. The maximum absolute atomic E-state index is 13.3. The highest BCUT2D eigenvalue weighted by molar-refractivity contribution is 6.04. The number of hydrogen-bond acceptors (Lipinski definition) is 3. The fourth-order valence-electron chi connectivity index (χ4n) is 3.39. The maximum atomic E-state index is 13.3. The molecule has 7 heteroatoms. The minimum Gasteiger partial charge on any atom is -0.352 e. The number of amides is 2. The fourth-order valence-corrected chi connectivity index (χ4v) is 3.39. The molecular weight excluding hydrogens is 393 g/mol. The van der Waals surface area contributed by atoms with Gasteiger partial charge in [-0.25, -0.2) is 4.39 Å². The Morgan fingerprint density at radius 1 is 1.07 bits per heavy atom. The van der Waals surface area contributed by atoms with Gasteiger partial charge in [-0.3, -0.25) is 9.59 Å². The van der Waals surface area contributed by atoms with Crippen molar-refractivity contribution in [1.29, 1.82) is 0 Å². The molecule has 2 aromatic rings. The van der Waals surface area contributed by atoms with E-state index in [9.17, 15) is 14.0 Å². The van der Waals surface area contributed by atoms with Gasteiger partial charge < -0.3 is 16.0 Å². The van der Waals surface area contributed by atoms with E-state index >= 15 is 0 Å². The molecule has 0 aliphatic carbocycles. The average molecular weight is 420 g/mol. The molecule has 29 heavy (non-hydrogen) atoms. The summed E-state index contributed by atoms with van der Waals surface area (Å²) in [5.41, 5.74) is 1.76. The normalized spacial score (nSPS) is 14.0. The highest BCUT2D eigenvalue weighted by Crippen LogP contribution is 2.18. The first kappa shape index (κ1) is 22.8. The van der Waals surface area contributed by atoms with E-state index in [1.807, 2.05) is 18.2 Å². The zero-order chi connectivity index (χ0) is 19.8. The maximum Gasteiger partial charge on any atom is 0.255 e. The van der Waals surface area contributed by atoms with Crippen LogP contribution in [0, 0.1) is 11.7 Å². The van der Waals surface area contributed by atoms with Crippen LogP contribution in [0.1, 0.15) is 41.6 Å². The number of rotatable bonds is 7. The van der Waals surface area contributed by atoms with Crippen LogP contribution in [-0.4, -0.2) is 24.9 Å². The van der Waals surface area contributed by atoms with Crippen LogP contribution in [0.15, 0.2) is 48.5 Å². The van der Waals surface area contributed by atoms with Gasteiger partial charge in [-0.05, 0) is 74.2 Å². The Morgan fingerprint density at radius 2 is 1.83 bits per heavy atom. The smallest absolute Gasteiger partial charge is 0.255 e. The second-order valence-corrected chi connectivity index (χ2v) is 7.17. The number of hydrogen-bond donors (Lipinski definition) is 3. The Labute approximate surface area is 176 Å². The quantitative estimate of drug-likeness (QED) is 0.637. The fraction of sp³-hybridized carbons (Fsp3) is 0.364. The van der Waals surface area contributed by atoms with Gasteiger partial charge in [-0.1, -0.05) is 18.2 Å². The summed E-state index contributed by atoms with van der Waals surface area (Å²) in [7, 11) is 0. The van der Waals surface area contributed by atoms with Crippen molar-refractivity contribution < 1.29 is 14.0 Å². The van der Waals surface area contributed by atoms with E-state index in [1.165, 1.54) is 18.2 Å². The molecule has 0 unspecified atom stereocenters. The predicted octanol–water partition coefficient (Wildman–Crippen LogP) is 3.90. The van der Waals surface area contributed by atoms with Crippen LogP contribution in [0.25, 0.3) is 0 Å². The number of carbonyl (C=O) groups excluding carboxylic acids is 2. The van der Waals surface area contributed by atoms with Crippen molar-refractivity contribution in [1.82, 2.24) is 10.6 Å². The molecular formula is C22H27ClFN3O2. The van der Waals surface area contributed by atoms with E-state index in [2.05, 4.69) is 16.0 Å². The lowest BCUT2D eigenvalue weighted by Gasteiger charge is -2.22. The molecule has 0 aromatic heterocycles. The van der Waals surface area contributed by atoms with E-state index < -0.39 is 5.82 Å². The molecule has 1 heterocycles. The topological polar surface area (TPSA) is 70.2 Å². The Balaban J connectivity index is 0.00000300. The van der Waals surface area contributed by atoms with E-state index in [0.29, 0.717) is 24.6 Å². The Kier molecular flexibility index (Phi) is 9.09. The Morgan fingerprint density at radius 3 is 2.59 bits per heavy atom. The van der Waals surface area contributed by atoms with Crippen LogP contribution in [0.2, 0.25) is 0 Å². The highest BCUT2D eigenvalue weighted by atomic mass is 35.5. The summed E-state index contributed by atoms with van der Waals surface area (Å²) < 4.78 is 13.3. The first-order valence-corrected chi connectivity index (χ1v) is 9.73. The molecule has 2 amide bonds. The summed E-state index contributed by atoms with van der Waals surface area (Å²) in [6.07, 6.45) is 3.75. The number of halogens is 2. The van der Waals surface area contributed by atoms with Gasteiger partial charge in [0.1, 0.15) is 5.82 Å². The molecule has 0 bridgehead atoms. The Bertz CT molecular complexity index is 825. The molecule has 3 rings (SSSR count). The van der Waals surface area contributed by atoms with Crippen molar-refractivity contribution >= 4 is 29.9 Å². The number of anilines is 1. The monoisotopic (exact) mass is 419 g/mol. The summed E-state index contributed by atoms with van der Waals surface area (Å²) in [4.78, 5) is 24.3. The molecule has 0 atom stereocenters. The van der Waals surface area contributed by atoms with Crippen molar-refractivity contribution in [2.75, 3.05) is 18.4 Å². The average Bonchev–Trinajstić information content (AvgIpc) is 2.72. The number of nitrogens with one attached hydrogen (secondary N) is 3. The molecule has 1 aliphatic heterocycles. The molecule has 0 spiro atoms. The van der Waals surface area contributed by atoms with Gasteiger partial charge in [0.05, 0.1) is 0 Å². The van der Waals surface area contributed by atoms with Crippen molar-refractivity contribution in [2.45, 2.75) is 32.2 Å². The van der Waals surface area contributed by atoms with Gasteiger partial charge in [0, 0.05) is 24.2 Å². The lowest BCUT2D eigenvalue weighted by molar-refractivity contribution is -0.121. The standard InChI is InChI=1S/C22H26FN3O2.ClH/c23-19-5-2-4-18(14-19)22(28)26-20-6-1-3-17(13-20)15-25-21(27)8-7-16-9-11-24-12-10-16;/h1-6,13-14,16,24H,7-12,15H2,(H,25,27)(H,26,28);1H. The largest absolute Gasteiger partial charge is 0.352 e. The summed E-state index contributed by atoms with van der Waals surface area (Å²) in [6.45, 7) is 2.50. The van der Waals surface area contributed by atoms with Gasteiger partial charge in [-0.15, -0.1) is 12.4 Å². The number of benzene rings is 2. The van der Waals surface area contributed by atoms with Gasteiger partial charge >= 0.3 is 0 Å². The first-order chi connectivity index (χ1) is 13.6. The predicted molar refractivity (Wildman–Crippen MR) is 115 cm³/mol. The molecule has 156 valence electrons. The lowest BCUT2D eigenvalue weighted by atomic mass is 9.93. The van der Waals surface area contributed by atoms with E-state index in [4.69, 9.17) is 0 Å². The van der Waals surface area contributed by atoms with Crippen LogP contribution >= 0.6 is 12.4 Å². The molecule has 2 aromatic carbocycles. The number of piperidine rings is 1. The first-order valence-electron chi connectivity index (χ1n) is 9.73. The van der Waals surface area contributed by atoms with Crippen molar-refractivity contribution in [3.63, 3.8) is 0 Å². The van der Waals surface area contributed by atoms with Crippen molar-refractivity contribution in [3.8, 4) is 0 Å². The SMILES string of the molecule is Cl.O=C(CCC1CCNCC1)NCc1cccc(NC(=O)c2cccc(F)c2)c1. The van der Waals surface area contributed by atoms with Gasteiger partial charge in [-0.2, -0.15) is 0 Å². The van der Waals surface area contributed by atoms with Crippen LogP contribution in [0.4, 0.5) is 10.1 Å². The molecule has 5 nitrogen and oxygen atoms in total. The van der Waals surface area contributed by atoms with E-state index in [0.717, 1.165) is 37.9 Å². The molecule has 3 N–H and O–H groups in total. The summed E-state index contributed by atoms with van der Waals surface area (Å²) in [5, 5.41) is 9.03. The third-order valence-electron chi connectivity index (χ3n) is 5.00. The van der Waals surface area contributed by atoms with Gasteiger partial charge in [0.25, 0.3) is 5.91 Å². The van der Waals surface area contributed by atoms with Crippen molar-refractivity contribution in [3.05, 3.63) is 65.5 Å². The second kappa shape index (κ2) is 11.5. The lowest BCUT2D eigenvalue weighted by Crippen LogP contribution is -2.29.